The van der Waals surface area contributed by atoms with Crippen LogP contribution in [0.5, 0.6) is 11.5 Å². The highest BCUT2D eigenvalue weighted by molar-refractivity contribution is 5.38. The maximum absolute atomic E-state index is 7.35. The Bertz CT molecular complexity index is 301. The maximum atomic E-state index is 7.35. The molecule has 1 aromatic rings. The van der Waals surface area contributed by atoms with Crippen LogP contribution >= 0.6 is 0 Å². The molecule has 1 rings (SSSR count). The zero-order valence-corrected chi connectivity index (χ0v) is 7.13. The van der Waals surface area contributed by atoms with Crippen molar-refractivity contribution in [2.75, 3.05) is 14.2 Å². The molecule has 0 radical (unpaired) electrons. The van der Waals surface area contributed by atoms with Gasteiger partial charge in [-0.25, -0.2) is 0 Å². The smallest absolute Gasteiger partial charge is 0.122 e. The molecule has 0 aliphatic heterocycles. The highest BCUT2D eigenvalue weighted by Gasteiger charge is 1.99. The van der Waals surface area contributed by atoms with Crippen LogP contribution in [-0.2, 0) is 6.50 Å². The minimum atomic E-state index is -1.89. The normalized spacial score (nSPS) is 13.2. The lowest BCUT2D eigenvalue weighted by Crippen LogP contribution is -1.97. The van der Waals surface area contributed by atoms with E-state index in [4.69, 9.17) is 17.9 Å². The van der Waals surface area contributed by atoms with E-state index in [1.807, 2.05) is 0 Å². The standard InChI is InChI=1S/C9H13NO2/c1-11-8-3-7(6-10)4-9(5-8)12-2/h3-5H,6,10H2,1-2H3/i6D2. The minimum Gasteiger partial charge on any atom is -0.497 e. The molecule has 0 bridgehead atoms. The molecule has 0 fully saturated rings. The number of rotatable bonds is 3. The summed E-state index contributed by atoms with van der Waals surface area (Å²) in [7, 11) is 3.01. The molecule has 66 valence electrons. The monoisotopic (exact) mass is 169 g/mol. The van der Waals surface area contributed by atoms with Crippen molar-refractivity contribution in [3.63, 3.8) is 0 Å². The quantitative estimate of drug-likeness (QED) is 0.738. The summed E-state index contributed by atoms with van der Waals surface area (Å²) in [4.78, 5) is 0. The molecule has 2 N–H and O–H groups in total. The van der Waals surface area contributed by atoms with Gasteiger partial charge in [-0.15, -0.1) is 0 Å². The predicted octanol–water partition coefficient (Wildman–Crippen LogP) is 1.16. The average molecular weight is 169 g/mol. The SMILES string of the molecule is [2H]C([2H])(N)c1cc(OC)cc(OC)c1. The third-order valence-corrected chi connectivity index (χ3v) is 1.52. The molecule has 0 saturated carbocycles. The van der Waals surface area contributed by atoms with E-state index in [2.05, 4.69) is 0 Å². The van der Waals surface area contributed by atoms with Gasteiger partial charge in [0.15, 0.2) is 0 Å². The van der Waals surface area contributed by atoms with E-state index in [0.717, 1.165) is 0 Å². The second-order valence-corrected chi connectivity index (χ2v) is 2.25. The predicted molar refractivity (Wildman–Crippen MR) is 47.4 cm³/mol. The van der Waals surface area contributed by atoms with Crippen molar-refractivity contribution in [3.05, 3.63) is 23.8 Å². The largest absolute Gasteiger partial charge is 0.497 e. The lowest BCUT2D eigenvalue weighted by atomic mass is 10.2. The zero-order valence-electron chi connectivity index (χ0n) is 9.13. The number of benzene rings is 1. The van der Waals surface area contributed by atoms with Gasteiger partial charge >= 0.3 is 0 Å². The Kier molecular flexibility index (Phi) is 2.09. The van der Waals surface area contributed by atoms with Crippen molar-refractivity contribution in [2.45, 2.75) is 6.50 Å². The summed E-state index contributed by atoms with van der Waals surface area (Å²) < 4.78 is 24.7. The number of ether oxygens (including phenoxy) is 2. The van der Waals surface area contributed by atoms with Crippen molar-refractivity contribution in [3.8, 4) is 11.5 Å². The summed E-state index contributed by atoms with van der Waals surface area (Å²) >= 11 is 0. The molecule has 0 unspecified atom stereocenters. The van der Waals surface area contributed by atoms with Gasteiger partial charge in [0, 0.05) is 15.3 Å². The fraction of sp³-hybridized carbons (Fsp3) is 0.333. The summed E-state index contributed by atoms with van der Waals surface area (Å²) in [5.74, 6) is 1.04. The first-order valence-electron chi connectivity index (χ1n) is 4.50. The van der Waals surface area contributed by atoms with Crippen LogP contribution in [0.4, 0.5) is 0 Å². The Morgan fingerprint density at radius 2 is 1.75 bits per heavy atom. The number of hydrogen-bond acceptors (Lipinski definition) is 3. The van der Waals surface area contributed by atoms with Crippen LogP contribution in [0.15, 0.2) is 18.2 Å². The van der Waals surface area contributed by atoms with E-state index in [9.17, 15) is 0 Å². The first-order chi connectivity index (χ1) is 6.47. The second kappa shape index (κ2) is 3.97. The first kappa shape index (κ1) is 6.31. The van der Waals surface area contributed by atoms with Crippen molar-refractivity contribution in [1.29, 1.82) is 0 Å². The van der Waals surface area contributed by atoms with E-state index < -0.39 is 6.50 Å². The highest BCUT2D eigenvalue weighted by Crippen LogP contribution is 2.21. The molecule has 0 spiro atoms. The highest BCUT2D eigenvalue weighted by atomic mass is 16.5. The van der Waals surface area contributed by atoms with E-state index in [0.29, 0.717) is 17.1 Å². The van der Waals surface area contributed by atoms with Gasteiger partial charge in [0.1, 0.15) is 11.5 Å². The second-order valence-electron chi connectivity index (χ2n) is 2.25. The third-order valence-electron chi connectivity index (χ3n) is 1.52. The molecular formula is C9H13NO2. The molecule has 0 aliphatic rings. The molecule has 12 heavy (non-hydrogen) atoms. The molecule has 0 atom stereocenters. The molecule has 0 heterocycles. The summed E-state index contributed by atoms with van der Waals surface area (Å²) in [6.07, 6.45) is 0. The topological polar surface area (TPSA) is 44.5 Å². The molecule has 3 nitrogen and oxygen atoms in total. The van der Waals surface area contributed by atoms with Crippen LogP contribution in [0.25, 0.3) is 0 Å². The minimum absolute atomic E-state index is 0.328. The Hall–Kier alpha value is -1.22. The third kappa shape index (κ3) is 1.89. The Labute approximate surface area is 74.9 Å². The van der Waals surface area contributed by atoms with Crippen LogP contribution in [0.1, 0.15) is 8.30 Å². The lowest BCUT2D eigenvalue weighted by molar-refractivity contribution is 0.393. The van der Waals surface area contributed by atoms with Crippen molar-refractivity contribution >= 4 is 0 Å². The van der Waals surface area contributed by atoms with Crippen LogP contribution in [0, 0.1) is 0 Å². The molecule has 0 saturated heterocycles. The van der Waals surface area contributed by atoms with E-state index >= 15 is 0 Å². The summed E-state index contributed by atoms with van der Waals surface area (Å²) in [5, 5.41) is 0. The summed E-state index contributed by atoms with van der Waals surface area (Å²) in [6, 6.07) is 4.75. The summed E-state index contributed by atoms with van der Waals surface area (Å²) in [6.45, 7) is -1.89. The Morgan fingerprint density at radius 1 is 1.25 bits per heavy atom. The van der Waals surface area contributed by atoms with E-state index in [1.165, 1.54) is 14.2 Å². The lowest BCUT2D eigenvalue weighted by Gasteiger charge is -2.06. The Balaban J connectivity index is 3.17. The van der Waals surface area contributed by atoms with Crippen LogP contribution in [-0.4, -0.2) is 14.2 Å². The van der Waals surface area contributed by atoms with Gasteiger partial charge in [-0.2, -0.15) is 0 Å². The molecule has 0 aromatic heterocycles. The van der Waals surface area contributed by atoms with Crippen LogP contribution in [0.3, 0.4) is 0 Å². The van der Waals surface area contributed by atoms with Gasteiger partial charge in [-0.3, -0.25) is 0 Å². The van der Waals surface area contributed by atoms with E-state index in [1.54, 1.807) is 18.2 Å². The maximum Gasteiger partial charge on any atom is 0.122 e. The number of hydrogen-bond donors (Lipinski definition) is 1. The van der Waals surface area contributed by atoms with Gasteiger partial charge in [0.05, 0.1) is 14.2 Å². The average Bonchev–Trinajstić information content (AvgIpc) is 2.15. The molecule has 3 heteroatoms. The van der Waals surface area contributed by atoms with Crippen molar-refractivity contribution in [1.82, 2.24) is 0 Å². The molecular weight excluding hydrogens is 154 g/mol. The molecule has 1 aromatic carbocycles. The summed E-state index contributed by atoms with van der Waals surface area (Å²) in [5.41, 5.74) is 5.65. The first-order valence-corrected chi connectivity index (χ1v) is 3.50. The molecule has 0 aliphatic carbocycles. The van der Waals surface area contributed by atoms with Gasteiger partial charge in [0.25, 0.3) is 0 Å². The van der Waals surface area contributed by atoms with Crippen molar-refractivity contribution in [2.24, 2.45) is 5.73 Å². The van der Waals surface area contributed by atoms with Gasteiger partial charge in [-0.1, -0.05) is 0 Å². The molecule has 0 amide bonds. The van der Waals surface area contributed by atoms with Crippen LogP contribution < -0.4 is 15.2 Å². The fourth-order valence-electron chi connectivity index (χ4n) is 0.891. The van der Waals surface area contributed by atoms with Crippen molar-refractivity contribution < 1.29 is 12.2 Å². The number of methoxy groups -OCH3 is 2. The van der Waals surface area contributed by atoms with Gasteiger partial charge in [-0.05, 0) is 17.7 Å². The zero-order chi connectivity index (χ0) is 10.8. The Morgan fingerprint density at radius 3 is 2.08 bits per heavy atom. The van der Waals surface area contributed by atoms with E-state index in [-0.39, 0.29) is 0 Å². The number of nitrogens with two attached hydrogens (primary N) is 1. The van der Waals surface area contributed by atoms with Gasteiger partial charge in [0.2, 0.25) is 0 Å². The van der Waals surface area contributed by atoms with Crippen LogP contribution in [0.2, 0.25) is 0 Å². The van der Waals surface area contributed by atoms with Gasteiger partial charge < -0.3 is 15.2 Å². The fourth-order valence-corrected chi connectivity index (χ4v) is 0.891.